The minimum atomic E-state index is -0.744. The minimum Gasteiger partial charge on any atom is -0.481 e. The summed E-state index contributed by atoms with van der Waals surface area (Å²) < 4.78 is 14.0. The highest BCUT2D eigenvalue weighted by atomic mass is 19.1. The molecular weight excluding hydrogens is 259 g/mol. The molecule has 1 aliphatic heterocycles. The maximum absolute atomic E-state index is 14.0. The fraction of sp³-hybridized carbons (Fsp3) is 0.533. The molecule has 1 saturated heterocycles. The number of halogens is 1. The second kappa shape index (κ2) is 6.70. The molecule has 0 spiro atoms. The van der Waals surface area contributed by atoms with Gasteiger partial charge in [0.1, 0.15) is 5.82 Å². The summed E-state index contributed by atoms with van der Waals surface area (Å²) >= 11 is 0. The number of nitrogens with zero attached hydrogens (tertiary/aromatic N) is 1. The predicted molar refractivity (Wildman–Crippen MR) is 76.4 cm³/mol. The molecule has 1 heterocycles. The molecule has 0 bridgehead atoms. The molecule has 0 radical (unpaired) electrons. The molecule has 1 aromatic rings. The highest BCUT2D eigenvalue weighted by Crippen LogP contribution is 2.26. The van der Waals surface area contributed by atoms with Crippen LogP contribution in [0.15, 0.2) is 18.2 Å². The third-order valence-electron chi connectivity index (χ3n) is 3.77. The fourth-order valence-electron chi connectivity index (χ4n) is 2.55. The molecule has 1 aliphatic rings. The number of carboxylic acids is 1. The van der Waals surface area contributed by atoms with Crippen molar-refractivity contribution in [2.24, 2.45) is 5.92 Å². The highest BCUT2D eigenvalue weighted by Gasteiger charge is 2.25. The Morgan fingerprint density at radius 2 is 2.15 bits per heavy atom. The van der Waals surface area contributed by atoms with Crippen LogP contribution in [0.5, 0.6) is 0 Å². The van der Waals surface area contributed by atoms with E-state index in [9.17, 15) is 9.18 Å². The van der Waals surface area contributed by atoms with Gasteiger partial charge in [0.25, 0.3) is 0 Å². The lowest BCUT2D eigenvalue weighted by Gasteiger charge is -2.32. The van der Waals surface area contributed by atoms with E-state index in [0.29, 0.717) is 31.6 Å². The first-order valence-electron chi connectivity index (χ1n) is 7.08. The summed E-state index contributed by atoms with van der Waals surface area (Å²) in [6, 6.07) is 5.13. The molecule has 1 aromatic carbocycles. The first-order valence-corrected chi connectivity index (χ1v) is 7.08. The molecule has 1 fully saturated rings. The minimum absolute atomic E-state index is 0.237. The second-order valence-corrected chi connectivity index (χ2v) is 5.17. The summed E-state index contributed by atoms with van der Waals surface area (Å²) in [5.74, 6) is -1.27. The van der Waals surface area contributed by atoms with Crippen LogP contribution in [0.1, 0.15) is 25.3 Å². The number of carbonyl (C=O) groups is 1. The van der Waals surface area contributed by atoms with E-state index >= 15 is 0 Å². The van der Waals surface area contributed by atoms with Gasteiger partial charge in [0.05, 0.1) is 11.6 Å². The number of hydrogen-bond donors (Lipinski definition) is 2. The van der Waals surface area contributed by atoms with Gasteiger partial charge in [-0.05, 0) is 37.1 Å². The third kappa shape index (κ3) is 3.48. The molecule has 0 unspecified atom stereocenters. The lowest BCUT2D eigenvalue weighted by atomic mass is 9.96. The zero-order chi connectivity index (χ0) is 14.5. The number of aliphatic carboxylic acids is 1. The summed E-state index contributed by atoms with van der Waals surface area (Å²) in [6.07, 6.45) is 1.15. The first kappa shape index (κ1) is 14.8. The van der Waals surface area contributed by atoms with Crippen LogP contribution in [0.25, 0.3) is 0 Å². The molecule has 0 aromatic heterocycles. The van der Waals surface area contributed by atoms with Crippen LogP contribution >= 0.6 is 0 Å². The van der Waals surface area contributed by atoms with E-state index in [1.807, 2.05) is 17.9 Å². The zero-order valence-corrected chi connectivity index (χ0v) is 11.7. The van der Waals surface area contributed by atoms with Gasteiger partial charge >= 0.3 is 5.97 Å². The van der Waals surface area contributed by atoms with Crippen molar-refractivity contribution < 1.29 is 14.3 Å². The average Bonchev–Trinajstić information content (AvgIpc) is 2.46. The van der Waals surface area contributed by atoms with Crippen LogP contribution in [0.3, 0.4) is 0 Å². The number of benzene rings is 1. The molecule has 0 atom stereocenters. The highest BCUT2D eigenvalue weighted by molar-refractivity contribution is 5.70. The molecule has 20 heavy (non-hydrogen) atoms. The maximum Gasteiger partial charge on any atom is 0.306 e. The van der Waals surface area contributed by atoms with E-state index in [0.717, 1.165) is 18.7 Å². The van der Waals surface area contributed by atoms with Crippen LogP contribution in [0, 0.1) is 11.7 Å². The van der Waals surface area contributed by atoms with Crippen molar-refractivity contribution in [3.05, 3.63) is 29.6 Å². The topological polar surface area (TPSA) is 52.6 Å². The molecule has 2 N–H and O–H groups in total. The van der Waals surface area contributed by atoms with Gasteiger partial charge in [0.15, 0.2) is 0 Å². The van der Waals surface area contributed by atoms with Gasteiger partial charge < -0.3 is 15.3 Å². The summed E-state index contributed by atoms with van der Waals surface area (Å²) in [4.78, 5) is 12.9. The normalized spacial score (nSPS) is 16.4. The van der Waals surface area contributed by atoms with Gasteiger partial charge in [0.2, 0.25) is 0 Å². The van der Waals surface area contributed by atoms with Gasteiger partial charge in [0, 0.05) is 19.6 Å². The summed E-state index contributed by atoms with van der Waals surface area (Å²) in [6.45, 7) is 4.81. The molecule has 0 amide bonds. The van der Waals surface area contributed by atoms with Gasteiger partial charge in [-0.1, -0.05) is 13.0 Å². The zero-order valence-electron chi connectivity index (χ0n) is 11.7. The van der Waals surface area contributed by atoms with E-state index < -0.39 is 5.97 Å². The number of hydrogen-bond acceptors (Lipinski definition) is 3. The van der Waals surface area contributed by atoms with Crippen molar-refractivity contribution >= 4 is 11.7 Å². The summed E-state index contributed by atoms with van der Waals surface area (Å²) in [5.41, 5.74) is 1.63. The Labute approximate surface area is 118 Å². The summed E-state index contributed by atoms with van der Waals surface area (Å²) in [5, 5.41) is 12.2. The predicted octanol–water partition coefficient (Wildman–Crippen LogP) is 2.24. The Bertz CT molecular complexity index is 471. The first-order chi connectivity index (χ1) is 9.61. The Morgan fingerprint density at radius 3 is 2.75 bits per heavy atom. The Hall–Kier alpha value is -1.62. The molecule has 0 aliphatic carbocycles. The Kier molecular flexibility index (Phi) is 4.95. The van der Waals surface area contributed by atoms with Crippen molar-refractivity contribution in [1.29, 1.82) is 0 Å². The molecule has 5 heteroatoms. The standard InChI is InChI=1S/C15H21FN2O2/c1-2-17-10-11-3-4-13(16)14(9-11)18-7-5-12(6-8-18)15(19)20/h3-4,9,12,17H,2,5-8,10H2,1H3,(H,19,20). The van der Waals surface area contributed by atoms with E-state index in [4.69, 9.17) is 5.11 Å². The van der Waals surface area contributed by atoms with Gasteiger partial charge in [-0.25, -0.2) is 4.39 Å². The second-order valence-electron chi connectivity index (χ2n) is 5.17. The van der Waals surface area contributed by atoms with Crippen LogP contribution in [-0.2, 0) is 11.3 Å². The number of rotatable bonds is 5. The van der Waals surface area contributed by atoms with E-state index in [-0.39, 0.29) is 11.7 Å². The van der Waals surface area contributed by atoms with E-state index in [2.05, 4.69) is 5.32 Å². The molecular formula is C15H21FN2O2. The fourth-order valence-corrected chi connectivity index (χ4v) is 2.55. The number of nitrogens with one attached hydrogen (secondary N) is 1. The lowest BCUT2D eigenvalue weighted by molar-refractivity contribution is -0.142. The SMILES string of the molecule is CCNCc1ccc(F)c(N2CCC(C(=O)O)CC2)c1. The van der Waals surface area contributed by atoms with Crippen molar-refractivity contribution in [2.75, 3.05) is 24.5 Å². The van der Waals surface area contributed by atoms with E-state index in [1.54, 1.807) is 6.07 Å². The van der Waals surface area contributed by atoms with Crippen LogP contribution in [-0.4, -0.2) is 30.7 Å². The van der Waals surface area contributed by atoms with Gasteiger partial charge in [-0.15, -0.1) is 0 Å². The number of anilines is 1. The third-order valence-corrected chi connectivity index (χ3v) is 3.77. The quantitative estimate of drug-likeness (QED) is 0.868. The average molecular weight is 280 g/mol. The summed E-state index contributed by atoms with van der Waals surface area (Å²) in [7, 11) is 0. The van der Waals surface area contributed by atoms with E-state index in [1.165, 1.54) is 6.07 Å². The largest absolute Gasteiger partial charge is 0.481 e. The smallest absolute Gasteiger partial charge is 0.306 e. The van der Waals surface area contributed by atoms with Crippen molar-refractivity contribution in [1.82, 2.24) is 5.32 Å². The Balaban J connectivity index is 2.06. The molecule has 0 saturated carbocycles. The molecule has 4 nitrogen and oxygen atoms in total. The lowest BCUT2D eigenvalue weighted by Crippen LogP contribution is -2.36. The van der Waals surface area contributed by atoms with Gasteiger partial charge in [-0.3, -0.25) is 4.79 Å². The van der Waals surface area contributed by atoms with Crippen LogP contribution in [0.2, 0.25) is 0 Å². The molecule has 2 rings (SSSR count). The monoisotopic (exact) mass is 280 g/mol. The Morgan fingerprint density at radius 1 is 1.45 bits per heavy atom. The number of piperidine rings is 1. The van der Waals surface area contributed by atoms with Crippen molar-refractivity contribution in [2.45, 2.75) is 26.3 Å². The van der Waals surface area contributed by atoms with Gasteiger partial charge in [-0.2, -0.15) is 0 Å². The molecule has 110 valence electrons. The van der Waals surface area contributed by atoms with Crippen molar-refractivity contribution in [3.63, 3.8) is 0 Å². The van der Waals surface area contributed by atoms with Crippen LogP contribution in [0.4, 0.5) is 10.1 Å². The van der Waals surface area contributed by atoms with Crippen molar-refractivity contribution in [3.8, 4) is 0 Å². The maximum atomic E-state index is 14.0. The number of carboxylic acid groups (broad SMARTS) is 1. The van der Waals surface area contributed by atoms with Crippen LogP contribution < -0.4 is 10.2 Å².